The minimum absolute atomic E-state index is 0.521. The lowest BCUT2D eigenvalue weighted by molar-refractivity contribution is 0.406. The number of pyridine rings is 1. The summed E-state index contributed by atoms with van der Waals surface area (Å²) in [6, 6.07) is 0. The van der Waals surface area contributed by atoms with Gasteiger partial charge in [-0.1, -0.05) is 11.6 Å². The van der Waals surface area contributed by atoms with Gasteiger partial charge in [0.2, 0.25) is 0 Å². The van der Waals surface area contributed by atoms with Crippen molar-refractivity contribution in [2.24, 2.45) is 0 Å². The van der Waals surface area contributed by atoms with Crippen LogP contribution in [0.2, 0.25) is 5.02 Å². The maximum absolute atomic E-state index is 5.77. The molecule has 0 spiro atoms. The second-order valence-corrected chi connectivity index (χ2v) is 2.66. The third kappa shape index (κ3) is 1.46. The van der Waals surface area contributed by atoms with Crippen molar-refractivity contribution in [3.8, 4) is 5.75 Å². The van der Waals surface area contributed by atoms with Crippen LogP contribution in [0.5, 0.6) is 5.75 Å². The first kappa shape index (κ1) is 8.34. The summed E-state index contributed by atoms with van der Waals surface area (Å²) in [5.41, 5.74) is 1.70. The van der Waals surface area contributed by atoms with Crippen LogP contribution in [0.4, 0.5) is 0 Å². The summed E-state index contributed by atoms with van der Waals surface area (Å²) >= 11 is 5.77. The predicted octanol–water partition coefficient (Wildman–Crippen LogP) is 2.16. The smallest absolute Gasteiger partial charge is 0.144 e. The Balaban J connectivity index is 3.29. The Labute approximate surface area is 71.2 Å². The molecule has 0 aliphatic rings. The van der Waals surface area contributed by atoms with Crippen molar-refractivity contribution in [3.63, 3.8) is 0 Å². The minimum Gasteiger partial charge on any atom is -0.495 e. The number of aromatic nitrogens is 1. The van der Waals surface area contributed by atoms with E-state index in [0.29, 0.717) is 5.02 Å². The third-order valence-electron chi connectivity index (χ3n) is 1.52. The molecule has 1 rings (SSSR count). The number of nitrogens with zero attached hydrogens (tertiary/aromatic N) is 1. The molecule has 0 N–H and O–H groups in total. The normalized spacial score (nSPS) is 9.82. The van der Waals surface area contributed by atoms with Crippen LogP contribution in [0.3, 0.4) is 0 Å². The van der Waals surface area contributed by atoms with Crippen molar-refractivity contribution < 1.29 is 4.74 Å². The molecule has 0 amide bonds. The number of methoxy groups -OCH3 is 1. The van der Waals surface area contributed by atoms with Crippen molar-refractivity contribution in [3.05, 3.63) is 22.5 Å². The lowest BCUT2D eigenvalue weighted by atomic mass is 10.2. The molecular weight excluding hydrogens is 162 g/mol. The van der Waals surface area contributed by atoms with Crippen LogP contribution in [0.15, 0.2) is 0 Å². The molecule has 1 aromatic rings. The van der Waals surface area contributed by atoms with Crippen molar-refractivity contribution in [2.45, 2.75) is 13.8 Å². The van der Waals surface area contributed by atoms with Gasteiger partial charge in [-0.2, -0.15) is 0 Å². The molecule has 1 aromatic heterocycles. The molecule has 0 bridgehead atoms. The number of aryl methyl sites for hydroxylation is 1. The lowest BCUT2D eigenvalue weighted by Gasteiger charge is -2.07. The van der Waals surface area contributed by atoms with E-state index in [1.165, 1.54) is 0 Å². The first-order chi connectivity index (χ1) is 5.16. The average molecular weight is 171 g/mol. The lowest BCUT2D eigenvalue weighted by Crippen LogP contribution is -1.94. The number of halogens is 1. The SMILES string of the molecule is COc1c(C)n[c]c(Cl)c1C. The molecular formula is C8H9ClNO. The summed E-state index contributed by atoms with van der Waals surface area (Å²) in [6.07, 6.45) is 2.68. The van der Waals surface area contributed by atoms with E-state index >= 15 is 0 Å². The van der Waals surface area contributed by atoms with E-state index in [0.717, 1.165) is 17.0 Å². The Morgan fingerprint density at radius 1 is 1.45 bits per heavy atom. The highest BCUT2D eigenvalue weighted by atomic mass is 35.5. The molecule has 0 aliphatic carbocycles. The van der Waals surface area contributed by atoms with E-state index in [4.69, 9.17) is 16.3 Å². The molecule has 2 nitrogen and oxygen atoms in total. The van der Waals surface area contributed by atoms with Gasteiger partial charge in [-0.05, 0) is 13.8 Å². The fourth-order valence-electron chi connectivity index (χ4n) is 0.939. The summed E-state index contributed by atoms with van der Waals surface area (Å²) in [7, 11) is 1.60. The van der Waals surface area contributed by atoms with Crippen molar-refractivity contribution in [2.75, 3.05) is 7.11 Å². The molecule has 1 radical (unpaired) electrons. The number of rotatable bonds is 1. The monoisotopic (exact) mass is 170 g/mol. The van der Waals surface area contributed by atoms with Crippen LogP contribution >= 0.6 is 11.6 Å². The zero-order valence-corrected chi connectivity index (χ0v) is 7.49. The van der Waals surface area contributed by atoms with E-state index in [9.17, 15) is 0 Å². The van der Waals surface area contributed by atoms with Crippen molar-refractivity contribution in [1.82, 2.24) is 4.98 Å². The molecule has 1 heterocycles. The highest BCUT2D eigenvalue weighted by Crippen LogP contribution is 2.26. The molecule has 3 heteroatoms. The molecule has 0 saturated heterocycles. The maximum Gasteiger partial charge on any atom is 0.144 e. The Morgan fingerprint density at radius 2 is 2.09 bits per heavy atom. The summed E-state index contributed by atoms with van der Waals surface area (Å²) in [5.74, 6) is 0.744. The quantitative estimate of drug-likeness (QED) is 0.645. The van der Waals surface area contributed by atoms with Gasteiger partial charge < -0.3 is 4.74 Å². The van der Waals surface area contributed by atoms with Crippen LogP contribution in [-0.4, -0.2) is 12.1 Å². The molecule has 59 valence electrons. The van der Waals surface area contributed by atoms with Gasteiger partial charge in [-0.25, -0.2) is 4.98 Å². The zero-order chi connectivity index (χ0) is 8.43. The van der Waals surface area contributed by atoms with Gasteiger partial charge in [0.05, 0.1) is 17.8 Å². The van der Waals surface area contributed by atoms with Crippen LogP contribution in [-0.2, 0) is 0 Å². The number of hydrogen-bond acceptors (Lipinski definition) is 2. The van der Waals surface area contributed by atoms with Crippen LogP contribution in [0.25, 0.3) is 0 Å². The standard InChI is InChI=1S/C8H9ClNO/c1-5-7(9)4-10-6(2)8(5)11-3/h1-3H3. The second kappa shape index (κ2) is 3.09. The molecule has 11 heavy (non-hydrogen) atoms. The largest absolute Gasteiger partial charge is 0.495 e. The maximum atomic E-state index is 5.77. The Bertz CT molecular complexity index is 273. The van der Waals surface area contributed by atoms with Gasteiger partial charge in [0.25, 0.3) is 0 Å². The first-order valence-electron chi connectivity index (χ1n) is 3.25. The highest BCUT2D eigenvalue weighted by molar-refractivity contribution is 6.31. The molecule has 0 saturated carbocycles. The Morgan fingerprint density at radius 3 is 2.55 bits per heavy atom. The Kier molecular flexibility index (Phi) is 2.35. The average Bonchev–Trinajstić information content (AvgIpc) is 1.99. The van der Waals surface area contributed by atoms with Crippen LogP contribution < -0.4 is 4.74 Å². The minimum atomic E-state index is 0.521. The zero-order valence-electron chi connectivity index (χ0n) is 6.73. The fourth-order valence-corrected chi connectivity index (χ4v) is 1.07. The summed E-state index contributed by atoms with van der Waals surface area (Å²) in [5, 5.41) is 0.521. The number of hydrogen-bond donors (Lipinski definition) is 0. The van der Waals surface area contributed by atoms with Crippen LogP contribution in [0.1, 0.15) is 11.3 Å². The van der Waals surface area contributed by atoms with Gasteiger partial charge in [0.15, 0.2) is 0 Å². The van der Waals surface area contributed by atoms with Gasteiger partial charge in [0, 0.05) is 5.56 Å². The second-order valence-electron chi connectivity index (χ2n) is 2.28. The first-order valence-corrected chi connectivity index (χ1v) is 3.63. The molecule has 0 unspecified atom stereocenters. The third-order valence-corrected chi connectivity index (χ3v) is 1.89. The van der Waals surface area contributed by atoms with Gasteiger partial charge in [0.1, 0.15) is 11.9 Å². The fraction of sp³-hybridized carbons (Fsp3) is 0.375. The van der Waals surface area contributed by atoms with Crippen LogP contribution in [0, 0.1) is 20.0 Å². The molecule has 0 aliphatic heterocycles. The van der Waals surface area contributed by atoms with Gasteiger partial charge >= 0.3 is 0 Å². The summed E-state index contributed by atoms with van der Waals surface area (Å²) in [6.45, 7) is 3.74. The van der Waals surface area contributed by atoms with Gasteiger partial charge in [-0.15, -0.1) is 0 Å². The Hall–Kier alpha value is -0.760. The highest BCUT2D eigenvalue weighted by Gasteiger charge is 2.06. The van der Waals surface area contributed by atoms with E-state index in [2.05, 4.69) is 11.2 Å². The summed E-state index contributed by atoms with van der Waals surface area (Å²) < 4.78 is 5.09. The topological polar surface area (TPSA) is 22.1 Å². The molecule has 0 fully saturated rings. The van der Waals surface area contributed by atoms with Crippen molar-refractivity contribution in [1.29, 1.82) is 0 Å². The van der Waals surface area contributed by atoms with E-state index in [1.807, 2.05) is 13.8 Å². The number of ether oxygens (including phenoxy) is 1. The molecule has 0 aromatic carbocycles. The predicted molar refractivity (Wildman–Crippen MR) is 44.1 cm³/mol. The van der Waals surface area contributed by atoms with E-state index in [1.54, 1.807) is 7.11 Å². The summed E-state index contributed by atoms with van der Waals surface area (Å²) in [4.78, 5) is 3.93. The molecule has 0 atom stereocenters. The van der Waals surface area contributed by atoms with Gasteiger partial charge in [-0.3, -0.25) is 0 Å². The van der Waals surface area contributed by atoms with E-state index < -0.39 is 0 Å². The van der Waals surface area contributed by atoms with Crippen molar-refractivity contribution >= 4 is 11.6 Å². The van der Waals surface area contributed by atoms with E-state index in [-0.39, 0.29) is 0 Å².